The van der Waals surface area contributed by atoms with Gasteiger partial charge in [-0.25, -0.2) is 0 Å². The SMILES string of the molecule is CC(C)c1ccc(N2[CH-]N3c4[c-]cc5c(c4N(C)c4cccc2c43)C(C)(C)CCC5(C)C)cc1.[Ir+3].[c-]1ccccc1-c1ccccn1. The number of benzene rings is 4. The van der Waals surface area contributed by atoms with Crippen LogP contribution >= 0.6 is 0 Å². The van der Waals surface area contributed by atoms with Crippen molar-refractivity contribution in [1.29, 1.82) is 0 Å². The van der Waals surface area contributed by atoms with Crippen LogP contribution in [-0.2, 0) is 30.9 Å². The van der Waals surface area contributed by atoms with E-state index in [-0.39, 0.29) is 30.9 Å². The fourth-order valence-corrected chi connectivity index (χ4v) is 7.20. The first-order valence-corrected chi connectivity index (χ1v) is 16.4. The standard InChI is InChI=1S/C31H35N3.C11H8N.Ir/c1-20(2)21-11-13-22(14-12-21)33-19-34-26-16-15-23-27(31(5,6)18-17-30(23,3)4)29(26)32(7)24-9-8-10-25(33)28(24)34;1-2-6-10(7-3-1)11-8-4-5-9-12-11;/h8-15,19-20H,17-18H2,1-7H3;1-6,8-9H;/q-2;-1;+3. The van der Waals surface area contributed by atoms with E-state index in [1.807, 2.05) is 42.5 Å². The predicted molar refractivity (Wildman–Crippen MR) is 193 cm³/mol. The van der Waals surface area contributed by atoms with Crippen LogP contribution in [0, 0.1) is 18.8 Å². The van der Waals surface area contributed by atoms with Crippen LogP contribution in [0.15, 0.2) is 97.2 Å². The molecule has 0 saturated carbocycles. The first-order valence-electron chi connectivity index (χ1n) is 16.4. The average Bonchev–Trinajstić information content (AvgIpc) is 3.47. The molecule has 5 aromatic rings. The Labute approximate surface area is 294 Å². The third-order valence-electron chi connectivity index (χ3n) is 10.0. The van der Waals surface area contributed by atoms with Crippen molar-refractivity contribution in [2.75, 3.05) is 21.7 Å². The second kappa shape index (κ2) is 12.6. The molecule has 0 bridgehead atoms. The van der Waals surface area contributed by atoms with Crippen molar-refractivity contribution in [3.8, 4) is 11.3 Å². The van der Waals surface area contributed by atoms with Crippen molar-refractivity contribution in [1.82, 2.24) is 4.98 Å². The zero-order valence-corrected chi connectivity index (χ0v) is 30.8. The number of hydrogen-bond donors (Lipinski definition) is 0. The maximum atomic E-state index is 4.22. The number of hydrogen-bond acceptors (Lipinski definition) is 4. The smallest absolute Gasteiger partial charge is 0.490 e. The monoisotopic (exact) mass is 796 g/mol. The van der Waals surface area contributed by atoms with Gasteiger partial charge < -0.3 is 19.7 Å². The molecule has 0 amide bonds. The molecule has 47 heavy (non-hydrogen) atoms. The molecule has 8 rings (SSSR count). The van der Waals surface area contributed by atoms with Crippen LogP contribution in [0.4, 0.5) is 34.1 Å². The van der Waals surface area contributed by atoms with E-state index < -0.39 is 0 Å². The van der Waals surface area contributed by atoms with Gasteiger partial charge in [-0.15, -0.1) is 53.7 Å². The largest absolute Gasteiger partial charge is 3.00 e. The molecule has 0 N–H and O–H groups in total. The predicted octanol–water partition coefficient (Wildman–Crippen LogP) is 11.0. The number of aromatic nitrogens is 1. The van der Waals surface area contributed by atoms with Crippen LogP contribution in [0.2, 0.25) is 0 Å². The summed E-state index contributed by atoms with van der Waals surface area (Å²) >= 11 is 0. The van der Waals surface area contributed by atoms with Crippen molar-refractivity contribution in [2.24, 2.45) is 0 Å². The molecule has 0 unspecified atom stereocenters. The van der Waals surface area contributed by atoms with E-state index >= 15 is 0 Å². The Morgan fingerprint density at radius 1 is 0.766 bits per heavy atom. The molecule has 4 nitrogen and oxygen atoms in total. The molecule has 3 heterocycles. The van der Waals surface area contributed by atoms with E-state index in [0.29, 0.717) is 5.92 Å². The van der Waals surface area contributed by atoms with Crippen LogP contribution in [0.3, 0.4) is 0 Å². The molecule has 3 aliphatic rings. The Morgan fingerprint density at radius 2 is 1.49 bits per heavy atom. The van der Waals surface area contributed by atoms with Crippen molar-refractivity contribution < 1.29 is 20.1 Å². The molecule has 4 aromatic carbocycles. The summed E-state index contributed by atoms with van der Waals surface area (Å²) in [6, 6.07) is 38.5. The maximum absolute atomic E-state index is 4.22. The van der Waals surface area contributed by atoms with Crippen LogP contribution in [0.5, 0.6) is 0 Å². The second-order valence-corrected chi connectivity index (χ2v) is 14.3. The molecular formula is C42H43IrN4. The van der Waals surface area contributed by atoms with E-state index in [1.165, 1.54) is 58.0 Å². The van der Waals surface area contributed by atoms with Gasteiger partial charge in [-0.3, -0.25) is 0 Å². The molecule has 0 atom stereocenters. The van der Waals surface area contributed by atoms with Crippen molar-refractivity contribution in [3.05, 3.63) is 133 Å². The molecule has 5 heteroatoms. The van der Waals surface area contributed by atoms with Gasteiger partial charge in [-0.2, -0.15) is 12.1 Å². The van der Waals surface area contributed by atoms with Gasteiger partial charge in [0, 0.05) is 17.6 Å². The Kier molecular flexibility index (Phi) is 8.84. The number of para-hydroxylation sites is 1. The zero-order valence-electron chi connectivity index (χ0n) is 28.4. The van der Waals surface area contributed by atoms with Crippen molar-refractivity contribution in [2.45, 2.75) is 71.1 Å². The van der Waals surface area contributed by atoms with Gasteiger partial charge >= 0.3 is 20.1 Å². The van der Waals surface area contributed by atoms with Crippen molar-refractivity contribution in [3.63, 3.8) is 0 Å². The van der Waals surface area contributed by atoms with Gasteiger partial charge in [0.25, 0.3) is 0 Å². The zero-order chi connectivity index (χ0) is 32.2. The third kappa shape index (κ3) is 5.79. The minimum absolute atomic E-state index is 0. The maximum Gasteiger partial charge on any atom is 3.00 e. The van der Waals surface area contributed by atoms with Gasteiger partial charge in [-0.1, -0.05) is 89.4 Å². The number of rotatable bonds is 3. The third-order valence-corrected chi connectivity index (χ3v) is 10.0. The van der Waals surface area contributed by atoms with Gasteiger partial charge in [0.2, 0.25) is 0 Å². The average molecular weight is 796 g/mol. The molecule has 240 valence electrons. The topological polar surface area (TPSA) is 22.6 Å². The van der Waals surface area contributed by atoms with E-state index in [2.05, 4.69) is 136 Å². The van der Waals surface area contributed by atoms with Gasteiger partial charge in [0.05, 0.1) is 11.4 Å². The fourth-order valence-electron chi connectivity index (χ4n) is 7.20. The number of pyridine rings is 1. The van der Waals surface area contributed by atoms with E-state index in [4.69, 9.17) is 0 Å². The fraction of sp³-hybridized carbons (Fsp3) is 0.286. The normalized spacial score (nSPS) is 16.4. The van der Waals surface area contributed by atoms with E-state index in [9.17, 15) is 0 Å². The second-order valence-electron chi connectivity index (χ2n) is 14.3. The van der Waals surface area contributed by atoms with Gasteiger partial charge in [0.15, 0.2) is 0 Å². The summed E-state index contributed by atoms with van der Waals surface area (Å²) in [5.74, 6) is 0.531. The minimum atomic E-state index is 0. The molecular weight excluding hydrogens is 753 g/mol. The first-order chi connectivity index (χ1) is 22.1. The van der Waals surface area contributed by atoms with Crippen LogP contribution in [0.1, 0.15) is 77.0 Å². The Balaban J connectivity index is 0.000000250. The summed E-state index contributed by atoms with van der Waals surface area (Å²) in [4.78, 5) is 11.3. The van der Waals surface area contributed by atoms with E-state index in [1.54, 1.807) is 6.20 Å². The molecule has 1 aliphatic carbocycles. The quantitative estimate of drug-likeness (QED) is 0.170. The number of anilines is 6. The Morgan fingerprint density at radius 3 is 2.17 bits per heavy atom. The van der Waals surface area contributed by atoms with E-state index in [0.717, 1.165) is 16.9 Å². The van der Waals surface area contributed by atoms with Crippen molar-refractivity contribution >= 4 is 34.1 Å². The number of fused-ring (bicyclic) bond motifs is 4. The molecule has 0 fully saturated rings. The Hall–Kier alpha value is -3.92. The summed E-state index contributed by atoms with van der Waals surface area (Å²) in [6.07, 6.45) is 4.19. The molecule has 0 radical (unpaired) electrons. The van der Waals surface area contributed by atoms with Gasteiger partial charge in [0.1, 0.15) is 0 Å². The summed E-state index contributed by atoms with van der Waals surface area (Å²) in [7, 11) is 2.23. The van der Waals surface area contributed by atoms with Crippen LogP contribution < -0.4 is 14.7 Å². The first kappa shape index (κ1) is 33.0. The van der Waals surface area contributed by atoms with Crippen LogP contribution in [-0.4, -0.2) is 12.0 Å². The molecule has 1 aromatic heterocycles. The molecule has 2 aliphatic heterocycles. The van der Waals surface area contributed by atoms with Crippen LogP contribution in [0.25, 0.3) is 11.3 Å². The molecule has 0 saturated heterocycles. The molecule has 0 spiro atoms. The summed E-state index contributed by atoms with van der Waals surface area (Å²) < 4.78 is 0. The Bertz CT molecular complexity index is 1830. The summed E-state index contributed by atoms with van der Waals surface area (Å²) in [5, 5.41) is 0. The number of nitrogens with zero attached hydrogens (tertiary/aromatic N) is 4. The minimum Gasteiger partial charge on any atom is -0.490 e. The summed E-state index contributed by atoms with van der Waals surface area (Å²) in [5.41, 5.74) is 14.0. The summed E-state index contributed by atoms with van der Waals surface area (Å²) in [6.45, 7) is 16.4. The van der Waals surface area contributed by atoms with Gasteiger partial charge in [-0.05, 0) is 72.1 Å².